The minimum Gasteiger partial charge on any atom is -0.467 e. The van der Waals surface area contributed by atoms with Crippen molar-refractivity contribution in [3.63, 3.8) is 0 Å². The van der Waals surface area contributed by atoms with Gasteiger partial charge in [-0.15, -0.1) is 0 Å². The molecule has 0 spiro atoms. The molecular formula is C23H28N6O2. The van der Waals surface area contributed by atoms with Gasteiger partial charge in [0.15, 0.2) is 5.65 Å². The maximum Gasteiger partial charge on any atom is 0.226 e. The monoisotopic (exact) mass is 420 g/mol. The van der Waals surface area contributed by atoms with E-state index < -0.39 is 0 Å². The van der Waals surface area contributed by atoms with Gasteiger partial charge in [-0.25, -0.2) is 14.6 Å². The number of hydrogen-bond donors (Lipinski definition) is 2. The average Bonchev–Trinajstić information content (AvgIpc) is 3.41. The topological polar surface area (TPSA) is 97.9 Å². The molecule has 3 aromatic heterocycles. The van der Waals surface area contributed by atoms with Gasteiger partial charge in [-0.1, -0.05) is 0 Å². The second kappa shape index (κ2) is 7.35. The zero-order chi connectivity index (χ0) is 20.8. The third kappa shape index (κ3) is 3.38. The first-order valence-corrected chi connectivity index (χ1v) is 11.4. The highest BCUT2D eigenvalue weighted by molar-refractivity contribution is 5.86. The number of rotatable bonds is 7. The minimum atomic E-state index is -0.105. The number of carbonyl (C=O) groups excluding carboxylic acids is 1. The number of nitrogens with zero attached hydrogens (tertiary/aromatic N) is 4. The van der Waals surface area contributed by atoms with Crippen molar-refractivity contribution < 1.29 is 9.21 Å². The van der Waals surface area contributed by atoms with Crippen LogP contribution in [0.2, 0.25) is 0 Å². The van der Waals surface area contributed by atoms with Gasteiger partial charge < -0.3 is 15.1 Å². The van der Waals surface area contributed by atoms with Crippen LogP contribution >= 0.6 is 0 Å². The van der Waals surface area contributed by atoms with E-state index >= 15 is 0 Å². The van der Waals surface area contributed by atoms with Crippen molar-refractivity contribution in [2.45, 2.75) is 51.6 Å². The quantitative estimate of drug-likeness (QED) is 0.608. The van der Waals surface area contributed by atoms with E-state index in [-0.39, 0.29) is 11.3 Å². The summed E-state index contributed by atoms with van der Waals surface area (Å²) in [5, 5.41) is 11.9. The minimum absolute atomic E-state index is 0.105. The molecule has 0 aliphatic heterocycles. The average molecular weight is 421 g/mol. The number of anilines is 1. The van der Waals surface area contributed by atoms with Gasteiger partial charge in [0, 0.05) is 12.0 Å². The van der Waals surface area contributed by atoms with Gasteiger partial charge in [0.25, 0.3) is 0 Å². The van der Waals surface area contributed by atoms with Crippen LogP contribution in [0.1, 0.15) is 44.3 Å². The van der Waals surface area contributed by atoms with Crippen LogP contribution in [0.25, 0.3) is 11.0 Å². The number of aromatic nitrogens is 4. The first-order chi connectivity index (χ1) is 15.2. The first-order valence-electron chi connectivity index (χ1n) is 11.4. The van der Waals surface area contributed by atoms with Gasteiger partial charge in [-0.05, 0) is 68.4 Å². The molecule has 8 heteroatoms. The van der Waals surface area contributed by atoms with Gasteiger partial charge in [0.05, 0.1) is 30.9 Å². The smallest absolute Gasteiger partial charge is 0.226 e. The highest BCUT2D eigenvalue weighted by atomic mass is 16.3. The Kier molecular flexibility index (Phi) is 4.47. The number of amides is 1. The van der Waals surface area contributed by atoms with Crippen molar-refractivity contribution in [3.05, 3.63) is 36.7 Å². The lowest BCUT2D eigenvalue weighted by Gasteiger charge is -2.55. The summed E-state index contributed by atoms with van der Waals surface area (Å²) in [6.07, 6.45) is 12.3. The summed E-state index contributed by atoms with van der Waals surface area (Å²) in [7, 11) is 0. The largest absolute Gasteiger partial charge is 0.467 e. The SMILES string of the molecule is O=C(NCCn1ncc2c(NCc3ccco3)ncnc21)C12CC3CC(CC(C3)C1)C2. The number of nitrogens with one attached hydrogen (secondary N) is 2. The van der Waals surface area contributed by atoms with Crippen LogP contribution in [0.15, 0.2) is 35.3 Å². The normalized spacial score (nSPS) is 28.8. The summed E-state index contributed by atoms with van der Waals surface area (Å²) in [6, 6.07) is 3.78. The van der Waals surface area contributed by atoms with Crippen molar-refractivity contribution in [3.8, 4) is 0 Å². The van der Waals surface area contributed by atoms with Crippen LogP contribution in [0.3, 0.4) is 0 Å². The molecule has 0 atom stereocenters. The number of hydrogen-bond acceptors (Lipinski definition) is 6. The van der Waals surface area contributed by atoms with Crippen LogP contribution in [-0.2, 0) is 17.9 Å². The highest BCUT2D eigenvalue weighted by Crippen LogP contribution is 2.60. The van der Waals surface area contributed by atoms with Gasteiger partial charge in [-0.3, -0.25) is 4.79 Å². The fourth-order valence-electron chi connectivity index (χ4n) is 6.63. The molecule has 4 saturated carbocycles. The van der Waals surface area contributed by atoms with Crippen LogP contribution in [-0.4, -0.2) is 32.2 Å². The molecule has 31 heavy (non-hydrogen) atoms. The Hall–Kier alpha value is -2.90. The predicted molar refractivity (Wildman–Crippen MR) is 115 cm³/mol. The third-order valence-corrected chi connectivity index (χ3v) is 7.57. The van der Waals surface area contributed by atoms with E-state index in [1.807, 2.05) is 16.8 Å². The molecule has 4 aliphatic rings. The van der Waals surface area contributed by atoms with Crippen molar-refractivity contribution in [1.82, 2.24) is 25.1 Å². The summed E-state index contributed by atoms with van der Waals surface area (Å²) >= 11 is 0. The highest BCUT2D eigenvalue weighted by Gasteiger charge is 2.54. The standard InChI is InChI=1S/C23H28N6O2/c30-22(23-9-15-6-16(10-23)8-17(7-15)11-23)24-3-4-29-21-19(13-28-29)20(26-14-27-21)25-12-18-2-1-5-31-18/h1-2,5,13-17H,3-4,6-12H2,(H,24,30)(H,25,26,27). The van der Waals surface area contributed by atoms with E-state index in [1.54, 1.807) is 18.8 Å². The Balaban J connectivity index is 1.10. The Bertz CT molecular complexity index is 1050. The number of carbonyl (C=O) groups is 1. The Morgan fingerprint density at radius 3 is 2.65 bits per heavy atom. The Labute approximate surface area is 180 Å². The molecule has 4 fully saturated rings. The summed E-state index contributed by atoms with van der Waals surface area (Å²) in [4.78, 5) is 21.9. The number of furan rings is 1. The lowest BCUT2D eigenvalue weighted by Crippen LogP contribution is -2.53. The molecule has 162 valence electrons. The van der Waals surface area contributed by atoms with Crippen LogP contribution < -0.4 is 10.6 Å². The Morgan fingerprint density at radius 2 is 1.94 bits per heavy atom. The fourth-order valence-corrected chi connectivity index (χ4v) is 6.63. The van der Waals surface area contributed by atoms with Gasteiger partial charge in [0.2, 0.25) is 5.91 Å². The zero-order valence-corrected chi connectivity index (χ0v) is 17.6. The zero-order valence-electron chi connectivity index (χ0n) is 17.6. The van der Waals surface area contributed by atoms with E-state index in [9.17, 15) is 4.79 Å². The summed E-state index contributed by atoms with van der Waals surface area (Å²) < 4.78 is 7.21. The van der Waals surface area contributed by atoms with E-state index in [2.05, 4.69) is 25.7 Å². The van der Waals surface area contributed by atoms with E-state index in [4.69, 9.17) is 4.42 Å². The van der Waals surface area contributed by atoms with Gasteiger partial charge in [0.1, 0.15) is 17.9 Å². The molecule has 4 aliphatic carbocycles. The molecular weight excluding hydrogens is 392 g/mol. The first kappa shape index (κ1) is 18.8. The molecule has 4 bridgehead atoms. The Morgan fingerprint density at radius 1 is 1.16 bits per heavy atom. The molecule has 0 aromatic carbocycles. The molecule has 3 aromatic rings. The van der Waals surface area contributed by atoms with Crippen molar-refractivity contribution >= 4 is 22.8 Å². The lowest BCUT2D eigenvalue weighted by atomic mass is 9.49. The molecule has 3 heterocycles. The van der Waals surface area contributed by atoms with E-state index in [0.29, 0.717) is 19.6 Å². The molecule has 0 saturated heterocycles. The molecule has 2 N–H and O–H groups in total. The van der Waals surface area contributed by atoms with Crippen molar-refractivity contribution in [1.29, 1.82) is 0 Å². The van der Waals surface area contributed by atoms with E-state index in [1.165, 1.54) is 19.3 Å². The summed E-state index contributed by atoms with van der Waals surface area (Å²) in [5.74, 6) is 4.15. The van der Waals surface area contributed by atoms with Crippen molar-refractivity contribution in [2.75, 3.05) is 11.9 Å². The molecule has 1 amide bonds. The van der Waals surface area contributed by atoms with Gasteiger partial charge in [-0.2, -0.15) is 5.10 Å². The number of fused-ring (bicyclic) bond motifs is 1. The van der Waals surface area contributed by atoms with Crippen LogP contribution in [0.5, 0.6) is 0 Å². The maximum absolute atomic E-state index is 13.2. The fraction of sp³-hybridized carbons (Fsp3) is 0.565. The maximum atomic E-state index is 13.2. The van der Waals surface area contributed by atoms with Crippen molar-refractivity contribution in [2.24, 2.45) is 23.2 Å². The van der Waals surface area contributed by atoms with Crippen LogP contribution in [0.4, 0.5) is 5.82 Å². The summed E-state index contributed by atoms with van der Waals surface area (Å²) in [6.45, 7) is 1.71. The molecule has 7 rings (SSSR count). The third-order valence-electron chi connectivity index (χ3n) is 7.57. The lowest BCUT2D eigenvalue weighted by molar-refractivity contribution is -0.146. The molecule has 8 nitrogen and oxygen atoms in total. The van der Waals surface area contributed by atoms with E-state index in [0.717, 1.165) is 59.6 Å². The molecule has 0 radical (unpaired) electrons. The van der Waals surface area contributed by atoms with Gasteiger partial charge >= 0.3 is 0 Å². The second-order valence-electron chi connectivity index (χ2n) is 9.71. The second-order valence-corrected chi connectivity index (χ2v) is 9.71. The summed E-state index contributed by atoms with van der Waals surface area (Å²) in [5.41, 5.74) is 0.660. The van der Waals surface area contributed by atoms with Crippen LogP contribution in [0, 0.1) is 23.2 Å². The molecule has 0 unspecified atom stereocenters. The predicted octanol–water partition coefficient (Wildman–Crippen LogP) is 3.36.